The monoisotopic (exact) mass is 498 g/mol. The summed E-state index contributed by atoms with van der Waals surface area (Å²) in [4.78, 5) is 13.9. The first-order chi connectivity index (χ1) is 14.7. The van der Waals surface area contributed by atoms with Crippen molar-refractivity contribution in [3.05, 3.63) is 75.6 Å². The van der Waals surface area contributed by atoms with Crippen molar-refractivity contribution in [1.82, 2.24) is 4.90 Å². The minimum absolute atomic E-state index is 0.152. The summed E-state index contributed by atoms with van der Waals surface area (Å²) in [5.74, 6) is 0.245. The lowest BCUT2D eigenvalue weighted by molar-refractivity contribution is -0.132. The topological polar surface area (TPSA) is 66.9 Å². The van der Waals surface area contributed by atoms with Crippen LogP contribution in [-0.4, -0.2) is 39.9 Å². The molecule has 1 heterocycles. The normalized spacial score (nSPS) is 11.2. The molecule has 3 aromatic rings. The molecule has 0 atom stereocenters. The van der Waals surface area contributed by atoms with E-state index in [0.717, 1.165) is 16.9 Å². The van der Waals surface area contributed by atoms with Gasteiger partial charge in [0.25, 0.3) is 15.9 Å². The van der Waals surface area contributed by atoms with Gasteiger partial charge in [0.05, 0.1) is 15.7 Å². The van der Waals surface area contributed by atoms with E-state index < -0.39 is 10.0 Å². The largest absolute Gasteiger partial charge is 0.484 e. The van der Waals surface area contributed by atoms with Gasteiger partial charge in [-0.2, -0.15) is 0 Å². The Bertz CT molecular complexity index is 1150. The molecule has 6 nitrogen and oxygen atoms in total. The Balaban J connectivity index is 1.57. The maximum absolute atomic E-state index is 12.6. The number of ether oxygens (including phenoxy) is 1. The maximum atomic E-state index is 12.6. The van der Waals surface area contributed by atoms with Gasteiger partial charge in [-0.15, -0.1) is 11.3 Å². The van der Waals surface area contributed by atoms with Crippen LogP contribution in [0.2, 0.25) is 10.0 Å². The van der Waals surface area contributed by atoms with Crippen LogP contribution in [0.5, 0.6) is 5.75 Å². The molecule has 0 aliphatic rings. The van der Waals surface area contributed by atoms with Crippen LogP contribution in [0.4, 0.5) is 5.69 Å². The Labute approximate surface area is 195 Å². The van der Waals surface area contributed by atoms with E-state index in [2.05, 4.69) is 0 Å². The van der Waals surface area contributed by atoms with Gasteiger partial charge in [-0.25, -0.2) is 8.42 Å². The molecule has 0 radical (unpaired) electrons. The lowest BCUT2D eigenvalue weighted by atomic mass is 10.2. The van der Waals surface area contributed by atoms with E-state index in [1.54, 1.807) is 67.0 Å². The molecule has 0 saturated carbocycles. The smallest absolute Gasteiger partial charge is 0.273 e. The number of benzene rings is 2. The molecule has 0 unspecified atom stereocenters. The van der Waals surface area contributed by atoms with Crippen molar-refractivity contribution < 1.29 is 17.9 Å². The zero-order chi connectivity index (χ0) is 22.6. The third kappa shape index (κ3) is 5.71. The van der Waals surface area contributed by atoms with E-state index in [4.69, 9.17) is 27.9 Å². The van der Waals surface area contributed by atoms with Gasteiger partial charge < -0.3 is 9.64 Å². The van der Waals surface area contributed by atoms with Crippen molar-refractivity contribution in [1.29, 1.82) is 0 Å². The average Bonchev–Trinajstić information content (AvgIpc) is 3.30. The van der Waals surface area contributed by atoms with E-state index in [1.165, 1.54) is 16.3 Å². The molecule has 0 aliphatic heterocycles. The van der Waals surface area contributed by atoms with E-state index in [0.29, 0.717) is 28.0 Å². The van der Waals surface area contributed by atoms with E-state index in [-0.39, 0.29) is 16.7 Å². The van der Waals surface area contributed by atoms with Crippen LogP contribution in [-0.2, 0) is 21.4 Å². The molecule has 0 bridgehead atoms. The Morgan fingerprint density at radius 2 is 1.74 bits per heavy atom. The summed E-state index contributed by atoms with van der Waals surface area (Å²) in [6.45, 7) is 0.212. The number of anilines is 1. The number of rotatable bonds is 8. The Morgan fingerprint density at radius 3 is 2.35 bits per heavy atom. The molecule has 0 saturated heterocycles. The van der Waals surface area contributed by atoms with Crippen LogP contribution in [0, 0.1) is 0 Å². The molecule has 3 rings (SSSR count). The molecule has 0 spiro atoms. The molecule has 1 aromatic heterocycles. The maximum Gasteiger partial charge on any atom is 0.273 e. The summed E-state index contributed by atoms with van der Waals surface area (Å²) in [7, 11) is -0.441. The number of sulfonamides is 1. The first-order valence-corrected chi connectivity index (χ1v) is 12.2. The molecule has 10 heteroatoms. The Kier molecular flexibility index (Phi) is 7.48. The first kappa shape index (κ1) is 23.4. The fourth-order valence-corrected chi connectivity index (χ4v) is 5.37. The molecular weight excluding hydrogens is 479 g/mol. The molecule has 0 fully saturated rings. The SMILES string of the molecule is CN(Cc1ccc(Cl)c(Cl)c1)C(=O)COc1ccc(N(C)S(=O)(=O)c2cccs2)cc1. The number of hydrogen-bond acceptors (Lipinski definition) is 5. The minimum atomic E-state index is -3.60. The predicted octanol–water partition coefficient (Wildman–Crippen LogP) is 4.92. The molecule has 0 aliphatic carbocycles. The third-order valence-corrected chi connectivity index (χ3v) is 8.40. The fraction of sp³-hybridized carbons (Fsp3) is 0.190. The van der Waals surface area contributed by atoms with Crippen LogP contribution in [0.15, 0.2) is 64.2 Å². The predicted molar refractivity (Wildman–Crippen MR) is 125 cm³/mol. The quantitative estimate of drug-likeness (QED) is 0.442. The van der Waals surface area contributed by atoms with Gasteiger partial charge in [0, 0.05) is 20.6 Å². The van der Waals surface area contributed by atoms with Crippen molar-refractivity contribution in [2.24, 2.45) is 0 Å². The Hall–Kier alpha value is -2.26. The van der Waals surface area contributed by atoms with E-state index in [9.17, 15) is 13.2 Å². The molecule has 1 amide bonds. The van der Waals surface area contributed by atoms with Crippen LogP contribution in [0.25, 0.3) is 0 Å². The third-order valence-electron chi connectivity index (χ3n) is 4.50. The number of amides is 1. The molecule has 0 N–H and O–H groups in total. The van der Waals surface area contributed by atoms with Crippen molar-refractivity contribution in [2.45, 2.75) is 10.8 Å². The second-order valence-corrected chi connectivity index (χ2v) is 10.6. The second-order valence-electron chi connectivity index (χ2n) is 6.69. The van der Waals surface area contributed by atoms with Crippen LogP contribution >= 0.6 is 34.5 Å². The lowest BCUT2D eigenvalue weighted by Gasteiger charge is -2.19. The van der Waals surface area contributed by atoms with Crippen LogP contribution in [0.3, 0.4) is 0 Å². The summed E-state index contributed by atoms with van der Waals surface area (Å²) >= 11 is 13.1. The molecule has 31 heavy (non-hydrogen) atoms. The first-order valence-electron chi connectivity index (χ1n) is 9.11. The summed E-state index contributed by atoms with van der Waals surface area (Å²) in [6.07, 6.45) is 0. The highest BCUT2D eigenvalue weighted by Gasteiger charge is 2.22. The van der Waals surface area contributed by atoms with Crippen molar-refractivity contribution in [3.63, 3.8) is 0 Å². The summed E-state index contributed by atoms with van der Waals surface area (Å²) in [5, 5.41) is 2.61. The van der Waals surface area contributed by atoms with Gasteiger partial charge in [0.2, 0.25) is 0 Å². The van der Waals surface area contributed by atoms with Crippen LogP contribution in [0.1, 0.15) is 5.56 Å². The molecule has 164 valence electrons. The van der Waals surface area contributed by atoms with Crippen molar-refractivity contribution >= 4 is 56.2 Å². The molecule has 2 aromatic carbocycles. The van der Waals surface area contributed by atoms with Gasteiger partial charge in [0.15, 0.2) is 6.61 Å². The lowest BCUT2D eigenvalue weighted by Crippen LogP contribution is -2.31. The van der Waals surface area contributed by atoms with Gasteiger partial charge in [-0.3, -0.25) is 9.10 Å². The number of nitrogens with zero attached hydrogens (tertiary/aromatic N) is 2. The minimum Gasteiger partial charge on any atom is -0.484 e. The van der Waals surface area contributed by atoms with E-state index in [1.807, 2.05) is 0 Å². The van der Waals surface area contributed by atoms with Crippen molar-refractivity contribution in [3.8, 4) is 5.75 Å². The number of likely N-dealkylation sites (N-methyl/N-ethyl adjacent to an activating group) is 1. The Morgan fingerprint density at radius 1 is 1.03 bits per heavy atom. The number of carbonyl (C=O) groups is 1. The summed E-state index contributed by atoms with van der Waals surface area (Å²) in [5.41, 5.74) is 1.34. The average molecular weight is 499 g/mol. The van der Waals surface area contributed by atoms with E-state index >= 15 is 0 Å². The number of hydrogen-bond donors (Lipinski definition) is 0. The van der Waals surface area contributed by atoms with Gasteiger partial charge in [-0.1, -0.05) is 35.3 Å². The second kappa shape index (κ2) is 9.91. The summed E-state index contributed by atoms with van der Waals surface area (Å²) < 4.78 is 32.2. The summed E-state index contributed by atoms with van der Waals surface area (Å²) in [6, 6.07) is 15.0. The zero-order valence-electron chi connectivity index (χ0n) is 16.8. The van der Waals surface area contributed by atoms with Crippen molar-refractivity contribution in [2.75, 3.05) is 25.0 Å². The highest BCUT2D eigenvalue weighted by Crippen LogP contribution is 2.27. The number of carbonyl (C=O) groups excluding carboxylic acids is 1. The van der Waals surface area contributed by atoms with Gasteiger partial charge in [-0.05, 0) is 53.4 Å². The highest BCUT2D eigenvalue weighted by atomic mass is 35.5. The number of halogens is 2. The van der Waals surface area contributed by atoms with Gasteiger partial charge >= 0.3 is 0 Å². The van der Waals surface area contributed by atoms with Crippen LogP contribution < -0.4 is 9.04 Å². The van der Waals surface area contributed by atoms with Gasteiger partial charge in [0.1, 0.15) is 9.96 Å². The number of thiophene rings is 1. The standard InChI is InChI=1S/C21H20Cl2N2O4S2/c1-24(13-15-5-10-18(22)19(23)12-15)20(26)14-29-17-8-6-16(7-9-17)25(2)31(27,28)21-4-3-11-30-21/h3-12H,13-14H2,1-2H3. The zero-order valence-corrected chi connectivity index (χ0v) is 19.9. The molecular formula is C21H20Cl2N2O4S2. The highest BCUT2D eigenvalue weighted by molar-refractivity contribution is 7.94. The fourth-order valence-electron chi connectivity index (χ4n) is 2.69.